The number of aliphatic hydroxyl groups excluding tert-OH is 1. The van der Waals surface area contributed by atoms with Gasteiger partial charge in [0.05, 0.1) is 5.69 Å². The van der Waals surface area contributed by atoms with Crippen LogP contribution in [0.2, 0.25) is 10.3 Å². The van der Waals surface area contributed by atoms with Gasteiger partial charge in [0.1, 0.15) is 0 Å². The molecule has 0 saturated carbocycles. The lowest BCUT2D eigenvalue weighted by Crippen LogP contribution is -2.07. The molecule has 0 amide bonds. The van der Waals surface area contributed by atoms with Crippen LogP contribution in [0.15, 0.2) is 6.07 Å². The maximum absolute atomic E-state index is 8.85. The molecule has 1 atom stereocenters. The van der Waals surface area contributed by atoms with E-state index in [1.165, 1.54) is 0 Å². The summed E-state index contributed by atoms with van der Waals surface area (Å²) in [6.07, 6.45) is 1.92. The van der Waals surface area contributed by atoms with Crippen LogP contribution in [-0.2, 0) is 0 Å². The Morgan fingerprint density at radius 2 is 2.19 bits per heavy atom. The van der Waals surface area contributed by atoms with Crippen molar-refractivity contribution in [2.45, 2.75) is 19.8 Å². The van der Waals surface area contributed by atoms with Crippen molar-refractivity contribution < 1.29 is 5.11 Å². The van der Waals surface area contributed by atoms with Crippen molar-refractivity contribution in [2.24, 2.45) is 5.92 Å². The summed E-state index contributed by atoms with van der Waals surface area (Å²) < 4.78 is 0. The van der Waals surface area contributed by atoms with E-state index in [1.807, 2.05) is 6.92 Å². The van der Waals surface area contributed by atoms with Crippen LogP contribution >= 0.6 is 23.2 Å². The van der Waals surface area contributed by atoms with Gasteiger partial charge in [0.15, 0.2) is 10.3 Å². The Kier molecular flexibility index (Phi) is 5.80. The molecule has 1 aromatic heterocycles. The highest BCUT2D eigenvalue weighted by atomic mass is 35.5. The molecule has 0 bridgehead atoms. The maximum Gasteiger partial charge on any atom is 0.174 e. The van der Waals surface area contributed by atoms with E-state index in [0.29, 0.717) is 21.9 Å². The topological polar surface area (TPSA) is 58.0 Å². The van der Waals surface area contributed by atoms with E-state index in [2.05, 4.69) is 15.5 Å². The molecule has 0 aliphatic heterocycles. The zero-order chi connectivity index (χ0) is 12.0. The van der Waals surface area contributed by atoms with Crippen LogP contribution in [0.1, 0.15) is 19.8 Å². The van der Waals surface area contributed by atoms with Gasteiger partial charge in [0, 0.05) is 19.2 Å². The Bertz CT molecular complexity index is 336. The predicted octanol–water partition coefficient (Wildman–Crippen LogP) is 2.60. The summed E-state index contributed by atoms with van der Waals surface area (Å²) >= 11 is 11.5. The number of hydrogen-bond donors (Lipinski definition) is 2. The fourth-order valence-electron chi connectivity index (χ4n) is 1.24. The number of halogens is 2. The van der Waals surface area contributed by atoms with Crippen molar-refractivity contribution in [1.29, 1.82) is 0 Å². The average molecular weight is 264 g/mol. The minimum atomic E-state index is 0.226. The summed E-state index contributed by atoms with van der Waals surface area (Å²) in [7, 11) is 0. The van der Waals surface area contributed by atoms with Crippen molar-refractivity contribution >= 4 is 28.9 Å². The number of anilines is 1. The standard InChI is InChI=1S/C10H15Cl2N3O/c1-7(6-16)3-2-4-13-8-5-9(11)14-15-10(8)12/h5,7,16H,2-4,6H2,1H3,(H,13,14). The fourth-order valence-corrected chi connectivity index (χ4v) is 1.55. The number of nitrogens with one attached hydrogen (secondary N) is 1. The molecule has 1 unspecified atom stereocenters. The molecule has 0 spiro atoms. The number of aliphatic hydroxyl groups is 1. The van der Waals surface area contributed by atoms with Gasteiger partial charge in [-0.05, 0) is 18.8 Å². The average Bonchev–Trinajstić information content (AvgIpc) is 2.28. The van der Waals surface area contributed by atoms with Gasteiger partial charge in [-0.15, -0.1) is 10.2 Å². The van der Waals surface area contributed by atoms with Crippen LogP contribution < -0.4 is 5.32 Å². The summed E-state index contributed by atoms with van der Waals surface area (Å²) in [4.78, 5) is 0. The van der Waals surface area contributed by atoms with Crippen LogP contribution in [0.5, 0.6) is 0 Å². The lowest BCUT2D eigenvalue weighted by molar-refractivity contribution is 0.229. The molecule has 1 rings (SSSR count). The van der Waals surface area contributed by atoms with E-state index >= 15 is 0 Å². The van der Waals surface area contributed by atoms with E-state index in [-0.39, 0.29) is 6.61 Å². The normalized spacial score (nSPS) is 12.5. The molecule has 4 nitrogen and oxygen atoms in total. The Hall–Kier alpha value is -0.580. The Morgan fingerprint density at radius 1 is 1.44 bits per heavy atom. The largest absolute Gasteiger partial charge is 0.396 e. The fraction of sp³-hybridized carbons (Fsp3) is 0.600. The van der Waals surface area contributed by atoms with E-state index in [9.17, 15) is 0 Å². The highest BCUT2D eigenvalue weighted by Gasteiger charge is 2.04. The molecule has 1 heterocycles. The second-order valence-corrected chi connectivity index (χ2v) is 4.47. The summed E-state index contributed by atoms with van der Waals surface area (Å²) in [5, 5.41) is 19.9. The zero-order valence-corrected chi connectivity index (χ0v) is 10.6. The Labute approximate surface area is 105 Å². The van der Waals surface area contributed by atoms with Gasteiger partial charge in [0.2, 0.25) is 0 Å². The van der Waals surface area contributed by atoms with E-state index in [0.717, 1.165) is 19.4 Å². The minimum absolute atomic E-state index is 0.226. The molecule has 6 heteroatoms. The number of rotatable bonds is 6. The first kappa shape index (κ1) is 13.5. The predicted molar refractivity (Wildman–Crippen MR) is 66.0 cm³/mol. The lowest BCUT2D eigenvalue weighted by Gasteiger charge is -2.09. The van der Waals surface area contributed by atoms with Gasteiger partial charge in [-0.2, -0.15) is 0 Å². The van der Waals surface area contributed by atoms with Crippen LogP contribution in [0.25, 0.3) is 0 Å². The molecule has 0 fully saturated rings. The third kappa shape index (κ3) is 4.51. The third-order valence-electron chi connectivity index (χ3n) is 2.22. The Balaban J connectivity index is 2.34. The van der Waals surface area contributed by atoms with Gasteiger partial charge in [0.25, 0.3) is 0 Å². The van der Waals surface area contributed by atoms with Crippen LogP contribution in [0.4, 0.5) is 5.69 Å². The second kappa shape index (κ2) is 6.89. The smallest absolute Gasteiger partial charge is 0.174 e. The lowest BCUT2D eigenvalue weighted by atomic mass is 10.1. The van der Waals surface area contributed by atoms with E-state index < -0.39 is 0 Å². The van der Waals surface area contributed by atoms with E-state index in [1.54, 1.807) is 6.07 Å². The molecular weight excluding hydrogens is 249 g/mol. The molecule has 0 aliphatic carbocycles. The molecular formula is C10H15Cl2N3O. The summed E-state index contributed by atoms with van der Waals surface area (Å²) in [6, 6.07) is 1.65. The van der Waals surface area contributed by atoms with Gasteiger partial charge in [-0.1, -0.05) is 30.1 Å². The summed E-state index contributed by atoms with van der Waals surface area (Å²) in [6.45, 7) is 3.01. The molecule has 1 aromatic rings. The van der Waals surface area contributed by atoms with Crippen molar-refractivity contribution in [3.8, 4) is 0 Å². The monoisotopic (exact) mass is 263 g/mol. The van der Waals surface area contributed by atoms with Crippen molar-refractivity contribution in [3.63, 3.8) is 0 Å². The van der Waals surface area contributed by atoms with Gasteiger partial charge >= 0.3 is 0 Å². The first-order chi connectivity index (χ1) is 7.63. The summed E-state index contributed by atoms with van der Waals surface area (Å²) in [5.41, 5.74) is 0.693. The van der Waals surface area contributed by atoms with Crippen molar-refractivity contribution in [3.05, 3.63) is 16.4 Å². The molecule has 2 N–H and O–H groups in total. The highest BCUT2D eigenvalue weighted by Crippen LogP contribution is 2.20. The van der Waals surface area contributed by atoms with Crippen LogP contribution in [0, 0.1) is 5.92 Å². The van der Waals surface area contributed by atoms with Crippen LogP contribution in [0.3, 0.4) is 0 Å². The number of nitrogens with zero attached hydrogens (tertiary/aromatic N) is 2. The molecule has 0 saturated heterocycles. The zero-order valence-electron chi connectivity index (χ0n) is 9.08. The first-order valence-corrected chi connectivity index (χ1v) is 5.92. The van der Waals surface area contributed by atoms with Crippen LogP contribution in [-0.4, -0.2) is 28.5 Å². The van der Waals surface area contributed by atoms with E-state index in [4.69, 9.17) is 28.3 Å². The van der Waals surface area contributed by atoms with Gasteiger partial charge in [-0.25, -0.2) is 0 Å². The number of aromatic nitrogens is 2. The Morgan fingerprint density at radius 3 is 2.88 bits per heavy atom. The van der Waals surface area contributed by atoms with Crippen molar-refractivity contribution in [2.75, 3.05) is 18.5 Å². The quantitative estimate of drug-likeness (QED) is 0.775. The summed E-state index contributed by atoms with van der Waals surface area (Å²) in [5.74, 6) is 0.330. The first-order valence-electron chi connectivity index (χ1n) is 5.17. The maximum atomic E-state index is 8.85. The van der Waals surface area contributed by atoms with Crippen molar-refractivity contribution in [1.82, 2.24) is 10.2 Å². The molecule has 16 heavy (non-hydrogen) atoms. The molecule has 0 aromatic carbocycles. The minimum Gasteiger partial charge on any atom is -0.396 e. The highest BCUT2D eigenvalue weighted by molar-refractivity contribution is 6.33. The molecule has 0 radical (unpaired) electrons. The SMILES string of the molecule is CC(CO)CCCNc1cc(Cl)nnc1Cl. The second-order valence-electron chi connectivity index (χ2n) is 3.73. The third-order valence-corrected chi connectivity index (χ3v) is 2.68. The molecule has 90 valence electrons. The van der Waals surface area contributed by atoms with Gasteiger partial charge in [-0.3, -0.25) is 0 Å². The van der Waals surface area contributed by atoms with Gasteiger partial charge < -0.3 is 10.4 Å². The molecule has 0 aliphatic rings. The number of hydrogen-bond acceptors (Lipinski definition) is 4.